The first kappa shape index (κ1) is 13.3. The van der Waals surface area contributed by atoms with Crippen molar-refractivity contribution in [2.45, 2.75) is 17.2 Å². The summed E-state index contributed by atoms with van der Waals surface area (Å²) in [5.41, 5.74) is 5.50. The molecule has 2 N–H and O–H groups in total. The van der Waals surface area contributed by atoms with Crippen LogP contribution in [0.4, 0.5) is 0 Å². The van der Waals surface area contributed by atoms with E-state index in [1.165, 1.54) is 11.1 Å². The normalized spacial score (nSPS) is 18.3. The number of alkyl halides is 1. The molecule has 4 rings (SSSR count). The van der Waals surface area contributed by atoms with E-state index in [9.17, 15) is 4.79 Å². The fraction of sp³-hybridized carbons (Fsp3) is 0.188. The third kappa shape index (κ3) is 2.10. The van der Waals surface area contributed by atoms with Gasteiger partial charge in [-0.25, -0.2) is 4.79 Å². The lowest BCUT2D eigenvalue weighted by Gasteiger charge is -2.34. The zero-order valence-corrected chi connectivity index (χ0v) is 14.2. The van der Waals surface area contributed by atoms with Gasteiger partial charge in [-0.15, -0.1) is 0 Å². The quantitative estimate of drug-likeness (QED) is 0.608. The van der Waals surface area contributed by atoms with Gasteiger partial charge in [-0.1, -0.05) is 56.1 Å². The Morgan fingerprint density at radius 2 is 1.86 bits per heavy atom. The van der Waals surface area contributed by atoms with E-state index < -0.39 is 0 Å². The van der Waals surface area contributed by atoms with Crippen molar-refractivity contribution in [2.24, 2.45) is 0 Å². The molecule has 1 aliphatic rings. The Balaban J connectivity index is 1.76. The highest BCUT2D eigenvalue weighted by Gasteiger charge is 2.33. The van der Waals surface area contributed by atoms with Crippen LogP contribution >= 0.6 is 31.9 Å². The van der Waals surface area contributed by atoms with Crippen LogP contribution in [0.3, 0.4) is 0 Å². The molecular formula is C16H12Br2N2O. The van der Waals surface area contributed by atoms with Gasteiger partial charge < -0.3 is 9.97 Å². The topological polar surface area (TPSA) is 48.6 Å². The molecule has 0 saturated carbocycles. The van der Waals surface area contributed by atoms with Gasteiger partial charge in [0.15, 0.2) is 0 Å². The first-order valence-electron chi connectivity index (χ1n) is 6.77. The first-order valence-corrected chi connectivity index (χ1v) is 8.47. The third-order valence-corrected chi connectivity index (χ3v) is 6.00. The maximum absolute atomic E-state index is 11.4. The van der Waals surface area contributed by atoms with Crippen molar-refractivity contribution in [2.75, 3.05) is 0 Å². The van der Waals surface area contributed by atoms with E-state index in [4.69, 9.17) is 0 Å². The van der Waals surface area contributed by atoms with Gasteiger partial charge >= 0.3 is 5.69 Å². The predicted molar refractivity (Wildman–Crippen MR) is 91.2 cm³/mol. The molecule has 0 amide bonds. The number of aromatic amines is 2. The summed E-state index contributed by atoms with van der Waals surface area (Å²) in [6, 6.07) is 12.6. The molecule has 1 aromatic heterocycles. The lowest BCUT2D eigenvalue weighted by Crippen LogP contribution is -2.21. The highest BCUT2D eigenvalue weighted by atomic mass is 79.9. The largest absolute Gasteiger partial charge is 0.323 e. The molecular weight excluding hydrogens is 396 g/mol. The Kier molecular flexibility index (Phi) is 3.08. The zero-order chi connectivity index (χ0) is 14.6. The second-order valence-corrected chi connectivity index (χ2v) is 7.25. The SMILES string of the molecule is O=c1[nH]c2cc(Br)c(C(Br)C3Cc4ccccc43)cc2[nH]1. The fourth-order valence-corrected chi connectivity index (χ4v) is 4.81. The van der Waals surface area contributed by atoms with Crippen LogP contribution in [0.5, 0.6) is 0 Å². The second-order valence-electron chi connectivity index (χ2n) is 5.41. The molecule has 2 unspecified atom stereocenters. The summed E-state index contributed by atoms with van der Waals surface area (Å²) in [6.45, 7) is 0. The van der Waals surface area contributed by atoms with Crippen LogP contribution < -0.4 is 5.69 Å². The van der Waals surface area contributed by atoms with Gasteiger partial charge in [0.25, 0.3) is 0 Å². The van der Waals surface area contributed by atoms with Crippen LogP contribution in [0.2, 0.25) is 0 Å². The minimum Gasteiger partial charge on any atom is -0.306 e. The fourth-order valence-electron chi connectivity index (χ4n) is 3.06. The van der Waals surface area contributed by atoms with Gasteiger partial charge in [0.1, 0.15) is 0 Å². The van der Waals surface area contributed by atoms with Crippen LogP contribution in [0.25, 0.3) is 11.0 Å². The van der Waals surface area contributed by atoms with Crippen LogP contribution in [-0.4, -0.2) is 9.97 Å². The monoisotopic (exact) mass is 406 g/mol. The van der Waals surface area contributed by atoms with Crippen LogP contribution in [-0.2, 0) is 6.42 Å². The molecule has 0 aliphatic heterocycles. The second kappa shape index (κ2) is 4.85. The van der Waals surface area contributed by atoms with Crippen LogP contribution in [0.15, 0.2) is 45.7 Å². The molecule has 1 heterocycles. The molecule has 21 heavy (non-hydrogen) atoms. The molecule has 3 aromatic rings. The average Bonchev–Trinajstić information content (AvgIpc) is 2.78. The molecule has 0 bridgehead atoms. The summed E-state index contributed by atoms with van der Waals surface area (Å²) in [6.07, 6.45) is 1.08. The molecule has 0 saturated heterocycles. The van der Waals surface area contributed by atoms with Gasteiger partial charge in [-0.05, 0) is 35.2 Å². The number of hydrogen-bond donors (Lipinski definition) is 2. The van der Waals surface area contributed by atoms with E-state index in [1.54, 1.807) is 0 Å². The number of aromatic nitrogens is 2. The van der Waals surface area contributed by atoms with Gasteiger partial charge in [-0.3, -0.25) is 0 Å². The number of hydrogen-bond acceptors (Lipinski definition) is 1. The summed E-state index contributed by atoms with van der Waals surface area (Å²) in [5.74, 6) is 0.473. The molecule has 5 heteroatoms. The average molecular weight is 408 g/mol. The highest BCUT2D eigenvalue weighted by Crippen LogP contribution is 2.49. The van der Waals surface area contributed by atoms with Crippen molar-refractivity contribution >= 4 is 42.9 Å². The van der Waals surface area contributed by atoms with E-state index in [0.717, 1.165) is 27.5 Å². The minimum absolute atomic E-state index is 0.172. The van der Waals surface area contributed by atoms with Crippen LogP contribution in [0, 0.1) is 0 Å². The Morgan fingerprint density at radius 1 is 1.14 bits per heavy atom. The molecule has 0 fully saturated rings. The summed E-state index contributed by atoms with van der Waals surface area (Å²) in [5, 5.41) is 0. The molecule has 2 aromatic carbocycles. The Labute approximate surface area is 138 Å². The summed E-state index contributed by atoms with van der Waals surface area (Å²) >= 11 is 7.47. The number of nitrogens with one attached hydrogen (secondary N) is 2. The van der Waals surface area contributed by atoms with Gasteiger partial charge in [-0.2, -0.15) is 0 Å². The van der Waals surface area contributed by atoms with Crippen molar-refractivity contribution in [1.82, 2.24) is 9.97 Å². The number of H-pyrrole nitrogens is 2. The van der Waals surface area contributed by atoms with Gasteiger partial charge in [0, 0.05) is 15.2 Å². The van der Waals surface area contributed by atoms with E-state index >= 15 is 0 Å². The van der Waals surface area contributed by atoms with Crippen molar-refractivity contribution in [3.8, 4) is 0 Å². The maximum atomic E-state index is 11.4. The lowest BCUT2D eigenvalue weighted by molar-refractivity contribution is 0.599. The van der Waals surface area contributed by atoms with E-state index in [-0.39, 0.29) is 10.5 Å². The predicted octanol–water partition coefficient (Wildman–Crippen LogP) is 4.39. The zero-order valence-electron chi connectivity index (χ0n) is 11.0. The van der Waals surface area contributed by atoms with E-state index in [0.29, 0.717) is 5.92 Å². The number of imidazole rings is 1. The van der Waals surface area contributed by atoms with E-state index in [1.807, 2.05) is 12.1 Å². The van der Waals surface area contributed by atoms with E-state index in [2.05, 4.69) is 66.1 Å². The molecule has 0 radical (unpaired) electrons. The smallest absolute Gasteiger partial charge is 0.306 e. The number of benzene rings is 2. The Hall–Kier alpha value is -1.33. The third-order valence-electron chi connectivity index (χ3n) is 4.18. The van der Waals surface area contributed by atoms with Crippen molar-refractivity contribution in [3.63, 3.8) is 0 Å². The Morgan fingerprint density at radius 3 is 2.62 bits per heavy atom. The molecule has 1 aliphatic carbocycles. The lowest BCUT2D eigenvalue weighted by atomic mass is 9.74. The first-order chi connectivity index (χ1) is 10.1. The van der Waals surface area contributed by atoms with Crippen LogP contribution in [0.1, 0.15) is 27.4 Å². The van der Waals surface area contributed by atoms with Crippen molar-refractivity contribution < 1.29 is 0 Å². The standard InChI is InChI=1S/C16H12Br2N2O/c17-12-7-14-13(19-16(21)20-14)6-11(12)15(18)10-5-8-3-1-2-4-9(8)10/h1-4,6-7,10,15H,5H2,(H2,19,20,21). The van der Waals surface area contributed by atoms with Crippen molar-refractivity contribution in [1.29, 1.82) is 0 Å². The number of rotatable bonds is 2. The Bertz CT molecular complexity index is 897. The molecule has 0 spiro atoms. The summed E-state index contributed by atoms with van der Waals surface area (Å²) < 4.78 is 1.01. The summed E-state index contributed by atoms with van der Waals surface area (Å²) in [4.78, 5) is 17.2. The maximum Gasteiger partial charge on any atom is 0.323 e. The number of fused-ring (bicyclic) bond motifs is 2. The molecule has 106 valence electrons. The number of halogens is 2. The molecule has 3 nitrogen and oxygen atoms in total. The van der Waals surface area contributed by atoms with Crippen molar-refractivity contribution in [3.05, 3.63) is 68.0 Å². The van der Waals surface area contributed by atoms with Gasteiger partial charge in [0.05, 0.1) is 11.0 Å². The highest BCUT2D eigenvalue weighted by molar-refractivity contribution is 9.11. The van der Waals surface area contributed by atoms with Gasteiger partial charge in [0.2, 0.25) is 0 Å². The minimum atomic E-state index is -0.172. The molecule has 2 atom stereocenters. The summed E-state index contributed by atoms with van der Waals surface area (Å²) in [7, 11) is 0.